The van der Waals surface area contributed by atoms with Crippen molar-refractivity contribution in [2.24, 2.45) is 0 Å². The number of halogens is 2. The van der Waals surface area contributed by atoms with E-state index in [9.17, 15) is 4.39 Å². The van der Waals surface area contributed by atoms with Crippen LogP contribution >= 0.6 is 22.6 Å². The summed E-state index contributed by atoms with van der Waals surface area (Å²) in [5.41, 5.74) is 2.13. The molecule has 4 heteroatoms. The molecule has 0 saturated heterocycles. The summed E-state index contributed by atoms with van der Waals surface area (Å²) >= 11 is 2.12. The van der Waals surface area contributed by atoms with Gasteiger partial charge in [-0.2, -0.15) is 0 Å². The van der Waals surface area contributed by atoms with Crippen LogP contribution in [0.1, 0.15) is 5.56 Å². The highest BCUT2D eigenvalue weighted by atomic mass is 127. The zero-order valence-electron chi connectivity index (χ0n) is 7.93. The molecule has 0 unspecified atom stereocenters. The Labute approximate surface area is 101 Å². The molecule has 0 aliphatic heterocycles. The van der Waals surface area contributed by atoms with Crippen LogP contribution < -0.4 is 5.32 Å². The van der Waals surface area contributed by atoms with Crippen molar-refractivity contribution in [1.29, 1.82) is 0 Å². The smallest absolute Gasteiger partial charge is 0.124 e. The fourth-order valence-electron chi connectivity index (χ4n) is 1.30. The minimum absolute atomic E-state index is 0.202. The van der Waals surface area contributed by atoms with Gasteiger partial charge in [-0.25, -0.2) is 4.39 Å². The second-order valence-electron chi connectivity index (χ2n) is 3.20. The lowest BCUT2D eigenvalue weighted by Crippen LogP contribution is -2.00. The predicted octanol–water partition coefficient (Wildman–Crippen LogP) is 3.37. The Morgan fingerprint density at radius 1 is 1.33 bits per heavy atom. The molecular weight excluding hydrogens is 306 g/mol. The predicted molar refractivity (Wildman–Crippen MR) is 67.2 cm³/mol. The Balaban J connectivity index is 2.05. The quantitative estimate of drug-likeness (QED) is 0.835. The molecule has 2 nitrogen and oxygen atoms in total. The third-order valence-corrected chi connectivity index (χ3v) is 2.97. The van der Waals surface area contributed by atoms with Gasteiger partial charge < -0.3 is 10.3 Å². The summed E-state index contributed by atoms with van der Waals surface area (Å²) in [6.07, 6.45) is 3.82. The average molecular weight is 316 g/mol. The summed E-state index contributed by atoms with van der Waals surface area (Å²) in [5, 5.41) is 3.25. The first kappa shape index (κ1) is 10.5. The molecule has 78 valence electrons. The minimum atomic E-state index is -0.202. The monoisotopic (exact) mass is 316 g/mol. The number of H-pyrrole nitrogens is 1. The van der Waals surface area contributed by atoms with E-state index in [0.29, 0.717) is 0 Å². The van der Waals surface area contributed by atoms with Gasteiger partial charge in [0.1, 0.15) is 5.82 Å². The molecule has 0 spiro atoms. The summed E-state index contributed by atoms with van der Waals surface area (Å²) in [6.45, 7) is 0.741. The number of benzene rings is 1. The molecule has 1 aromatic carbocycles. The normalized spacial score (nSPS) is 10.3. The van der Waals surface area contributed by atoms with E-state index in [0.717, 1.165) is 15.8 Å². The molecule has 0 fully saturated rings. The fraction of sp³-hybridized carbons (Fsp3) is 0.0909. The number of hydrogen-bond acceptors (Lipinski definition) is 1. The number of rotatable bonds is 3. The lowest BCUT2D eigenvalue weighted by molar-refractivity contribution is 0.627. The van der Waals surface area contributed by atoms with E-state index in [2.05, 4.69) is 32.9 Å². The molecule has 0 radical (unpaired) electrons. The second-order valence-corrected chi connectivity index (χ2v) is 4.36. The SMILES string of the molecule is Fc1ccc(NCc2cc[nH]c2)c(I)c1. The molecule has 15 heavy (non-hydrogen) atoms. The van der Waals surface area contributed by atoms with Gasteiger partial charge >= 0.3 is 0 Å². The van der Waals surface area contributed by atoms with Gasteiger partial charge in [0.05, 0.1) is 0 Å². The summed E-state index contributed by atoms with van der Waals surface area (Å²) < 4.78 is 13.7. The Bertz CT molecular complexity index is 440. The van der Waals surface area contributed by atoms with Crippen molar-refractivity contribution in [2.75, 3.05) is 5.32 Å². The topological polar surface area (TPSA) is 27.8 Å². The average Bonchev–Trinajstić information content (AvgIpc) is 2.69. The van der Waals surface area contributed by atoms with Crippen LogP contribution in [-0.2, 0) is 6.54 Å². The molecule has 1 aromatic heterocycles. The molecule has 2 rings (SSSR count). The van der Waals surface area contributed by atoms with Crippen molar-refractivity contribution < 1.29 is 4.39 Å². The van der Waals surface area contributed by atoms with Crippen molar-refractivity contribution in [2.45, 2.75) is 6.54 Å². The zero-order chi connectivity index (χ0) is 10.7. The standard InChI is InChI=1S/C11H10FIN2/c12-9-1-2-11(10(13)5-9)15-7-8-3-4-14-6-8/h1-6,14-15H,7H2. The maximum Gasteiger partial charge on any atom is 0.124 e. The van der Waals surface area contributed by atoms with E-state index in [1.165, 1.54) is 17.7 Å². The second kappa shape index (κ2) is 4.65. The van der Waals surface area contributed by atoms with Gasteiger partial charge in [-0.3, -0.25) is 0 Å². The summed E-state index contributed by atoms with van der Waals surface area (Å²) in [7, 11) is 0. The van der Waals surface area contributed by atoms with E-state index in [-0.39, 0.29) is 5.82 Å². The van der Waals surface area contributed by atoms with Crippen molar-refractivity contribution >= 4 is 28.3 Å². The fourth-order valence-corrected chi connectivity index (χ4v) is 1.97. The third kappa shape index (κ3) is 2.71. The molecule has 0 atom stereocenters. The first-order valence-electron chi connectivity index (χ1n) is 4.56. The maximum atomic E-state index is 12.8. The van der Waals surface area contributed by atoms with Gasteiger partial charge in [0.2, 0.25) is 0 Å². The van der Waals surface area contributed by atoms with Crippen LogP contribution in [0.4, 0.5) is 10.1 Å². The Hall–Kier alpha value is -1.04. The highest BCUT2D eigenvalue weighted by molar-refractivity contribution is 14.1. The first-order valence-corrected chi connectivity index (χ1v) is 5.64. The van der Waals surface area contributed by atoms with Crippen LogP contribution in [-0.4, -0.2) is 4.98 Å². The Kier molecular flexibility index (Phi) is 3.25. The summed E-state index contributed by atoms with van der Waals surface area (Å²) in [5.74, 6) is -0.202. The van der Waals surface area contributed by atoms with Crippen LogP contribution in [0.5, 0.6) is 0 Å². The number of anilines is 1. The van der Waals surface area contributed by atoms with Gasteiger partial charge in [-0.1, -0.05) is 0 Å². The molecular formula is C11H10FIN2. The van der Waals surface area contributed by atoms with Crippen molar-refractivity contribution in [3.05, 3.63) is 51.6 Å². The Morgan fingerprint density at radius 3 is 2.87 bits per heavy atom. The van der Waals surface area contributed by atoms with Gasteiger partial charge in [-0.15, -0.1) is 0 Å². The maximum absolute atomic E-state index is 12.8. The van der Waals surface area contributed by atoms with Crippen LogP contribution in [0.15, 0.2) is 36.7 Å². The summed E-state index contributed by atoms with van der Waals surface area (Å²) in [4.78, 5) is 2.99. The molecule has 0 amide bonds. The minimum Gasteiger partial charge on any atom is -0.380 e. The van der Waals surface area contributed by atoms with Gasteiger partial charge in [-0.05, 0) is 52.4 Å². The van der Waals surface area contributed by atoms with Gasteiger partial charge in [0.15, 0.2) is 0 Å². The molecule has 0 saturated carbocycles. The van der Waals surface area contributed by atoms with Crippen LogP contribution in [0.3, 0.4) is 0 Å². The van der Waals surface area contributed by atoms with E-state index < -0.39 is 0 Å². The van der Waals surface area contributed by atoms with Crippen LogP contribution in [0.2, 0.25) is 0 Å². The molecule has 2 aromatic rings. The van der Waals surface area contributed by atoms with E-state index in [4.69, 9.17) is 0 Å². The van der Waals surface area contributed by atoms with Crippen LogP contribution in [0, 0.1) is 9.39 Å². The molecule has 1 heterocycles. The Morgan fingerprint density at radius 2 is 2.20 bits per heavy atom. The van der Waals surface area contributed by atoms with Gasteiger partial charge in [0, 0.05) is 28.2 Å². The summed E-state index contributed by atoms with van der Waals surface area (Å²) in [6, 6.07) is 6.73. The molecule has 2 N–H and O–H groups in total. The van der Waals surface area contributed by atoms with Crippen molar-refractivity contribution in [3.63, 3.8) is 0 Å². The first-order chi connectivity index (χ1) is 7.25. The zero-order valence-corrected chi connectivity index (χ0v) is 10.1. The highest BCUT2D eigenvalue weighted by Crippen LogP contribution is 2.19. The lowest BCUT2D eigenvalue weighted by Gasteiger charge is -2.07. The van der Waals surface area contributed by atoms with E-state index in [1.807, 2.05) is 18.5 Å². The van der Waals surface area contributed by atoms with Crippen LogP contribution in [0.25, 0.3) is 0 Å². The third-order valence-electron chi connectivity index (χ3n) is 2.08. The number of aromatic nitrogens is 1. The highest BCUT2D eigenvalue weighted by Gasteiger charge is 2.00. The lowest BCUT2D eigenvalue weighted by atomic mass is 10.3. The van der Waals surface area contributed by atoms with E-state index in [1.54, 1.807) is 6.07 Å². The number of hydrogen-bond donors (Lipinski definition) is 2. The van der Waals surface area contributed by atoms with Crippen molar-refractivity contribution in [3.8, 4) is 0 Å². The largest absolute Gasteiger partial charge is 0.380 e. The number of aromatic amines is 1. The van der Waals surface area contributed by atoms with E-state index >= 15 is 0 Å². The molecule has 0 aliphatic rings. The molecule has 0 bridgehead atoms. The van der Waals surface area contributed by atoms with Crippen molar-refractivity contribution in [1.82, 2.24) is 4.98 Å². The molecule has 0 aliphatic carbocycles. The number of nitrogens with one attached hydrogen (secondary N) is 2. The van der Waals surface area contributed by atoms with Gasteiger partial charge in [0.25, 0.3) is 0 Å².